The van der Waals surface area contributed by atoms with Gasteiger partial charge in [0.15, 0.2) is 21.3 Å². The molecule has 0 bridgehead atoms. The van der Waals surface area contributed by atoms with Crippen molar-refractivity contribution in [2.24, 2.45) is 0 Å². The summed E-state index contributed by atoms with van der Waals surface area (Å²) < 4.78 is 39.9. The Labute approximate surface area is 188 Å². The van der Waals surface area contributed by atoms with Gasteiger partial charge < -0.3 is 10.3 Å². The number of H-pyrrole nitrogens is 1. The second-order valence-corrected chi connectivity index (χ2v) is 9.52. The van der Waals surface area contributed by atoms with Gasteiger partial charge in [-0.15, -0.1) is 0 Å². The van der Waals surface area contributed by atoms with Crippen LogP contribution < -0.4 is 5.32 Å². The molecule has 8 nitrogen and oxygen atoms in total. The van der Waals surface area contributed by atoms with Gasteiger partial charge >= 0.3 is 0 Å². The number of aromatic nitrogens is 5. The first-order valence-electron chi connectivity index (χ1n) is 10.2. The third-order valence-corrected chi connectivity index (χ3v) is 6.45. The number of rotatable bonds is 6. The summed E-state index contributed by atoms with van der Waals surface area (Å²) >= 11 is 0. The first-order valence-corrected chi connectivity index (χ1v) is 12.1. The molecule has 0 atom stereocenters. The molecule has 33 heavy (non-hydrogen) atoms. The van der Waals surface area contributed by atoms with Crippen molar-refractivity contribution >= 4 is 37.7 Å². The van der Waals surface area contributed by atoms with Crippen molar-refractivity contribution in [2.45, 2.75) is 11.3 Å². The van der Waals surface area contributed by atoms with E-state index in [0.29, 0.717) is 52.3 Å². The monoisotopic (exact) mass is 462 g/mol. The largest absolute Gasteiger partial charge is 0.368 e. The SMILES string of the molecule is CS(=O)(=O)c1c(-c2ccccc2)c(CCNc2ncnc3nc[nH]c23)nc2ccc(F)cc12. The van der Waals surface area contributed by atoms with Crippen LogP contribution in [0.15, 0.2) is 66.1 Å². The fourth-order valence-corrected chi connectivity index (χ4v) is 5.09. The number of hydrogen-bond acceptors (Lipinski definition) is 7. The van der Waals surface area contributed by atoms with Crippen LogP contribution in [0, 0.1) is 5.82 Å². The Bertz CT molecular complexity index is 1590. The average molecular weight is 463 g/mol. The van der Waals surface area contributed by atoms with Gasteiger partial charge in [0, 0.05) is 30.2 Å². The minimum Gasteiger partial charge on any atom is -0.368 e. The maximum absolute atomic E-state index is 14.1. The second kappa shape index (κ2) is 8.21. The Morgan fingerprint density at radius 1 is 1.06 bits per heavy atom. The van der Waals surface area contributed by atoms with Gasteiger partial charge in [-0.1, -0.05) is 30.3 Å². The molecule has 2 N–H and O–H groups in total. The topological polar surface area (TPSA) is 114 Å². The van der Waals surface area contributed by atoms with Crippen molar-refractivity contribution in [3.8, 4) is 11.1 Å². The minimum atomic E-state index is -3.71. The third kappa shape index (κ3) is 4.00. The van der Waals surface area contributed by atoms with E-state index in [9.17, 15) is 12.8 Å². The summed E-state index contributed by atoms with van der Waals surface area (Å²) in [5.41, 5.74) is 3.41. The first-order chi connectivity index (χ1) is 15.9. The number of pyridine rings is 1. The van der Waals surface area contributed by atoms with Crippen LogP contribution >= 0.6 is 0 Å². The van der Waals surface area contributed by atoms with Crippen LogP contribution in [0.4, 0.5) is 10.2 Å². The first kappa shape index (κ1) is 21.0. The average Bonchev–Trinajstić information content (AvgIpc) is 3.28. The van der Waals surface area contributed by atoms with Crippen LogP contribution in [0.3, 0.4) is 0 Å². The molecule has 2 aromatic carbocycles. The lowest BCUT2D eigenvalue weighted by Gasteiger charge is -2.17. The molecule has 0 aliphatic rings. The van der Waals surface area contributed by atoms with Crippen molar-refractivity contribution in [1.82, 2.24) is 24.9 Å². The van der Waals surface area contributed by atoms with E-state index in [2.05, 4.69) is 25.3 Å². The lowest BCUT2D eigenvalue weighted by Crippen LogP contribution is -2.12. The molecule has 0 radical (unpaired) electrons. The Morgan fingerprint density at radius 2 is 1.88 bits per heavy atom. The Balaban J connectivity index is 1.63. The standard InChI is InChI=1S/C23H19FN6O2S/c1-33(31,32)21-16-11-15(24)7-8-17(16)30-18(19(21)14-5-3-2-4-6-14)9-10-25-22-20-23(27-12-26-20)29-13-28-22/h2-8,11-13H,9-10H2,1H3,(H2,25,26,27,28,29). The van der Waals surface area contributed by atoms with Gasteiger partial charge in [-0.05, 0) is 23.8 Å². The molecule has 0 fully saturated rings. The normalized spacial score (nSPS) is 11.8. The smallest absolute Gasteiger partial charge is 0.182 e. The molecule has 0 aliphatic carbocycles. The number of benzene rings is 2. The van der Waals surface area contributed by atoms with Gasteiger partial charge in [0.2, 0.25) is 0 Å². The van der Waals surface area contributed by atoms with Gasteiger partial charge in [-0.2, -0.15) is 0 Å². The van der Waals surface area contributed by atoms with E-state index >= 15 is 0 Å². The van der Waals surface area contributed by atoms with E-state index in [1.807, 2.05) is 30.3 Å². The van der Waals surface area contributed by atoms with Crippen LogP contribution in [-0.4, -0.2) is 46.1 Å². The third-order valence-electron chi connectivity index (χ3n) is 5.28. The van der Waals surface area contributed by atoms with Crippen LogP contribution in [0.2, 0.25) is 0 Å². The molecule has 0 spiro atoms. The van der Waals surface area contributed by atoms with E-state index in [-0.39, 0.29) is 10.3 Å². The number of aromatic amines is 1. The maximum Gasteiger partial charge on any atom is 0.182 e. The number of fused-ring (bicyclic) bond motifs is 2. The van der Waals surface area contributed by atoms with Gasteiger partial charge in [0.25, 0.3) is 0 Å². The number of halogens is 1. The summed E-state index contributed by atoms with van der Waals surface area (Å²) in [4.78, 5) is 20.3. The fourth-order valence-electron chi connectivity index (χ4n) is 3.92. The van der Waals surface area contributed by atoms with Crippen molar-refractivity contribution in [1.29, 1.82) is 0 Å². The number of anilines is 1. The number of nitrogens with one attached hydrogen (secondary N) is 2. The van der Waals surface area contributed by atoms with Gasteiger partial charge in [0.1, 0.15) is 17.7 Å². The zero-order valence-electron chi connectivity index (χ0n) is 17.6. The van der Waals surface area contributed by atoms with Crippen molar-refractivity contribution < 1.29 is 12.8 Å². The van der Waals surface area contributed by atoms with Gasteiger partial charge in [0.05, 0.1) is 22.4 Å². The Kier molecular flexibility index (Phi) is 5.21. The predicted molar refractivity (Wildman–Crippen MR) is 124 cm³/mol. The van der Waals surface area contributed by atoms with E-state index in [1.165, 1.54) is 24.5 Å². The number of nitrogens with zero attached hydrogens (tertiary/aromatic N) is 4. The molecule has 0 aliphatic heterocycles. The summed E-state index contributed by atoms with van der Waals surface area (Å²) in [5, 5.41) is 3.51. The summed E-state index contributed by atoms with van der Waals surface area (Å²) in [7, 11) is -3.71. The van der Waals surface area contributed by atoms with Crippen LogP contribution in [0.1, 0.15) is 5.69 Å². The molecule has 3 aromatic heterocycles. The highest BCUT2D eigenvalue weighted by Crippen LogP contribution is 2.36. The molecule has 0 amide bonds. The van der Waals surface area contributed by atoms with Crippen molar-refractivity contribution in [3.63, 3.8) is 0 Å². The lowest BCUT2D eigenvalue weighted by molar-refractivity contribution is 0.602. The van der Waals surface area contributed by atoms with E-state index < -0.39 is 15.7 Å². The predicted octanol–water partition coefficient (Wildman–Crippen LogP) is 3.77. The molecule has 5 rings (SSSR count). The second-order valence-electron chi connectivity index (χ2n) is 7.56. The molecule has 166 valence electrons. The molecular weight excluding hydrogens is 443 g/mol. The molecule has 0 saturated carbocycles. The summed E-state index contributed by atoms with van der Waals surface area (Å²) in [6.07, 6.45) is 4.50. The van der Waals surface area contributed by atoms with Gasteiger partial charge in [-0.3, -0.25) is 4.98 Å². The summed E-state index contributed by atoms with van der Waals surface area (Å²) in [6, 6.07) is 13.2. The van der Waals surface area contributed by atoms with E-state index in [1.54, 1.807) is 6.33 Å². The Morgan fingerprint density at radius 3 is 2.67 bits per heavy atom. The van der Waals surface area contributed by atoms with Crippen molar-refractivity contribution in [2.75, 3.05) is 18.1 Å². The van der Waals surface area contributed by atoms with Gasteiger partial charge in [-0.25, -0.2) is 27.8 Å². The maximum atomic E-state index is 14.1. The lowest BCUT2D eigenvalue weighted by atomic mass is 9.99. The molecule has 10 heteroatoms. The highest BCUT2D eigenvalue weighted by atomic mass is 32.2. The van der Waals surface area contributed by atoms with E-state index in [4.69, 9.17) is 4.98 Å². The number of imidazole rings is 1. The highest BCUT2D eigenvalue weighted by Gasteiger charge is 2.24. The summed E-state index contributed by atoms with van der Waals surface area (Å²) in [5.74, 6) is 0.0694. The highest BCUT2D eigenvalue weighted by molar-refractivity contribution is 7.91. The molecule has 0 unspecified atom stereocenters. The minimum absolute atomic E-state index is 0.0752. The molecule has 0 saturated heterocycles. The van der Waals surface area contributed by atoms with Crippen LogP contribution in [0.25, 0.3) is 33.2 Å². The molecule has 3 heterocycles. The van der Waals surface area contributed by atoms with Crippen molar-refractivity contribution in [3.05, 3.63) is 72.7 Å². The molecular formula is C23H19FN6O2S. The van der Waals surface area contributed by atoms with Crippen LogP contribution in [0.5, 0.6) is 0 Å². The van der Waals surface area contributed by atoms with E-state index in [0.717, 1.165) is 6.26 Å². The van der Waals surface area contributed by atoms with Crippen LogP contribution in [-0.2, 0) is 16.3 Å². The quantitative estimate of drug-likeness (QED) is 0.395. The summed E-state index contributed by atoms with van der Waals surface area (Å²) in [6.45, 7) is 0.424. The Hall–Kier alpha value is -3.92. The number of sulfone groups is 1. The zero-order valence-corrected chi connectivity index (χ0v) is 18.4. The number of hydrogen-bond donors (Lipinski definition) is 2. The molecule has 5 aromatic rings. The zero-order chi connectivity index (χ0) is 23.0. The fraction of sp³-hybridized carbons (Fsp3) is 0.130.